The van der Waals surface area contributed by atoms with Crippen LogP contribution in [0.5, 0.6) is 0 Å². The van der Waals surface area contributed by atoms with Crippen LogP contribution >= 0.6 is 11.3 Å². The van der Waals surface area contributed by atoms with Crippen molar-refractivity contribution in [1.29, 1.82) is 0 Å². The van der Waals surface area contributed by atoms with E-state index in [9.17, 15) is 18.4 Å². The molecule has 0 fully saturated rings. The van der Waals surface area contributed by atoms with Crippen molar-refractivity contribution in [2.75, 3.05) is 0 Å². The molecule has 1 heterocycles. The third-order valence-electron chi connectivity index (χ3n) is 3.10. The van der Waals surface area contributed by atoms with Gasteiger partial charge in [-0.2, -0.15) is 0 Å². The summed E-state index contributed by atoms with van der Waals surface area (Å²) in [4.78, 5) is 27.5. The minimum absolute atomic E-state index is 0.0811. The zero-order chi connectivity index (χ0) is 17.0. The topological polar surface area (TPSA) is 79.3 Å². The maximum absolute atomic E-state index is 13.9. The van der Waals surface area contributed by atoms with Gasteiger partial charge in [-0.05, 0) is 12.5 Å². The van der Waals surface area contributed by atoms with Crippen LogP contribution in [0.3, 0.4) is 0 Å². The zero-order valence-electron chi connectivity index (χ0n) is 12.2. The smallest absolute Gasteiger partial charge is 0.305 e. The number of halogens is 2. The molecule has 0 saturated heterocycles. The lowest BCUT2D eigenvalue weighted by molar-refractivity contribution is -0.137. The monoisotopic (exact) mass is 340 g/mol. The number of aryl methyl sites for hydroxylation is 1. The van der Waals surface area contributed by atoms with E-state index in [4.69, 9.17) is 5.11 Å². The fourth-order valence-corrected chi connectivity index (χ4v) is 2.77. The molecular weight excluding hydrogens is 326 g/mol. The van der Waals surface area contributed by atoms with Crippen LogP contribution in [0.15, 0.2) is 24.4 Å². The molecule has 122 valence electrons. The zero-order valence-corrected chi connectivity index (χ0v) is 13.0. The second-order valence-corrected chi connectivity index (χ2v) is 5.88. The van der Waals surface area contributed by atoms with Crippen LogP contribution < -0.4 is 5.32 Å². The van der Waals surface area contributed by atoms with Crippen molar-refractivity contribution >= 4 is 23.2 Å². The lowest BCUT2D eigenvalue weighted by Gasteiger charge is -2.17. The number of hydrogen-bond acceptors (Lipinski definition) is 4. The normalized spacial score (nSPS) is 12.0. The molecule has 0 spiro atoms. The summed E-state index contributed by atoms with van der Waals surface area (Å²) in [5.74, 6) is -3.44. The highest BCUT2D eigenvalue weighted by molar-refractivity contribution is 7.13. The van der Waals surface area contributed by atoms with Crippen molar-refractivity contribution in [3.05, 3.63) is 51.5 Å². The van der Waals surface area contributed by atoms with E-state index in [-0.39, 0.29) is 5.56 Å². The first kappa shape index (κ1) is 17.0. The van der Waals surface area contributed by atoms with Crippen molar-refractivity contribution in [3.8, 4) is 0 Å². The second kappa shape index (κ2) is 7.28. The Balaban J connectivity index is 2.24. The third-order valence-corrected chi connectivity index (χ3v) is 4.24. The van der Waals surface area contributed by atoms with Gasteiger partial charge in [0.05, 0.1) is 23.7 Å². The minimum atomic E-state index is -1.21. The minimum Gasteiger partial charge on any atom is -0.481 e. The summed E-state index contributed by atoms with van der Waals surface area (Å²) in [5, 5.41) is 12.2. The Morgan fingerprint density at radius 3 is 2.70 bits per heavy atom. The van der Waals surface area contributed by atoms with Crippen LogP contribution in [0.1, 0.15) is 39.6 Å². The molecule has 0 aliphatic rings. The molecular formula is C15H14F2N2O3S. The molecule has 1 aromatic carbocycles. The highest BCUT2D eigenvalue weighted by Crippen LogP contribution is 2.23. The molecule has 0 bridgehead atoms. The van der Waals surface area contributed by atoms with Crippen molar-refractivity contribution < 1.29 is 23.5 Å². The molecule has 5 nitrogen and oxygen atoms in total. The molecule has 0 aliphatic heterocycles. The van der Waals surface area contributed by atoms with E-state index in [1.165, 1.54) is 17.5 Å². The Kier molecular flexibility index (Phi) is 5.38. The van der Waals surface area contributed by atoms with Gasteiger partial charge in [0, 0.05) is 11.6 Å². The van der Waals surface area contributed by atoms with Crippen molar-refractivity contribution in [2.24, 2.45) is 0 Å². The van der Waals surface area contributed by atoms with Crippen LogP contribution in [0, 0.1) is 11.6 Å². The Labute approximate surface area is 135 Å². The number of nitrogens with zero attached hydrogens (tertiary/aromatic N) is 1. The van der Waals surface area contributed by atoms with Crippen molar-refractivity contribution in [1.82, 2.24) is 10.3 Å². The first-order valence-electron chi connectivity index (χ1n) is 6.83. The average Bonchev–Trinajstić information content (AvgIpc) is 2.95. The molecule has 2 aromatic rings. The van der Waals surface area contributed by atoms with Gasteiger partial charge in [0.1, 0.15) is 16.5 Å². The summed E-state index contributed by atoms with van der Waals surface area (Å²) in [6, 6.07) is 1.69. The van der Waals surface area contributed by atoms with Crippen LogP contribution in [-0.4, -0.2) is 22.0 Å². The first-order chi connectivity index (χ1) is 10.9. The van der Waals surface area contributed by atoms with Gasteiger partial charge in [0.25, 0.3) is 5.91 Å². The first-order valence-corrected chi connectivity index (χ1v) is 7.64. The fraction of sp³-hybridized carbons (Fsp3) is 0.267. The number of carboxylic acid groups (broad SMARTS) is 1. The number of carbonyl (C=O) groups excluding carboxylic acids is 1. The predicted molar refractivity (Wildman–Crippen MR) is 80.3 cm³/mol. The van der Waals surface area contributed by atoms with E-state index in [0.717, 1.165) is 17.1 Å². The number of benzene rings is 1. The second-order valence-electron chi connectivity index (χ2n) is 4.76. The number of amides is 1. The largest absolute Gasteiger partial charge is 0.481 e. The highest BCUT2D eigenvalue weighted by Gasteiger charge is 2.23. The van der Waals surface area contributed by atoms with Crippen LogP contribution in [0.25, 0.3) is 0 Å². The molecule has 23 heavy (non-hydrogen) atoms. The van der Waals surface area contributed by atoms with Gasteiger partial charge in [0.2, 0.25) is 0 Å². The number of thiazole rings is 1. The Morgan fingerprint density at radius 2 is 2.13 bits per heavy atom. The lowest BCUT2D eigenvalue weighted by Crippen LogP contribution is -2.30. The number of aromatic nitrogens is 1. The molecule has 1 atom stereocenters. The molecule has 2 rings (SSSR count). The molecule has 8 heteroatoms. The number of hydrogen-bond donors (Lipinski definition) is 2. The molecule has 1 amide bonds. The quantitative estimate of drug-likeness (QED) is 0.847. The standard InChI is InChI=1S/C15H14F2N2O3S/c1-2-13-18-7-12(23-13)15(22)19-11(6-14(20)21)9-4-3-8(16)5-10(9)17/h3-5,7,11H,2,6H2,1H3,(H,19,22)(H,20,21). The number of carboxylic acids is 1. The number of nitrogens with one attached hydrogen (secondary N) is 1. The summed E-state index contributed by atoms with van der Waals surface area (Å²) >= 11 is 1.18. The maximum Gasteiger partial charge on any atom is 0.305 e. The third kappa shape index (κ3) is 4.32. The van der Waals surface area contributed by atoms with Crippen molar-refractivity contribution in [2.45, 2.75) is 25.8 Å². The summed E-state index contributed by atoms with van der Waals surface area (Å²) in [6.07, 6.45) is 1.54. The van der Waals surface area contributed by atoms with Gasteiger partial charge in [-0.1, -0.05) is 13.0 Å². The van der Waals surface area contributed by atoms with Gasteiger partial charge in [-0.25, -0.2) is 13.8 Å². The van der Waals surface area contributed by atoms with Crippen LogP contribution in [0.2, 0.25) is 0 Å². The van der Waals surface area contributed by atoms with Crippen LogP contribution in [-0.2, 0) is 11.2 Å². The Bertz CT molecular complexity index is 733. The Morgan fingerprint density at radius 1 is 1.39 bits per heavy atom. The van der Waals surface area contributed by atoms with Gasteiger partial charge in [-0.3, -0.25) is 9.59 Å². The van der Waals surface area contributed by atoms with E-state index in [1.807, 2.05) is 6.92 Å². The van der Waals surface area contributed by atoms with Gasteiger partial charge in [-0.15, -0.1) is 11.3 Å². The van der Waals surface area contributed by atoms with Crippen molar-refractivity contribution in [3.63, 3.8) is 0 Å². The predicted octanol–water partition coefficient (Wildman–Crippen LogP) is 2.93. The molecule has 0 saturated carbocycles. The SMILES string of the molecule is CCc1ncc(C(=O)NC(CC(=O)O)c2ccc(F)cc2F)s1. The molecule has 0 aliphatic carbocycles. The summed E-state index contributed by atoms with van der Waals surface area (Å²) in [5.41, 5.74) is -0.0811. The van der Waals surface area contributed by atoms with E-state index in [1.54, 1.807) is 0 Å². The number of rotatable bonds is 6. The van der Waals surface area contributed by atoms with Gasteiger partial charge < -0.3 is 10.4 Å². The fourth-order valence-electron chi connectivity index (χ4n) is 2.01. The van der Waals surface area contributed by atoms with E-state index < -0.39 is 36.0 Å². The maximum atomic E-state index is 13.9. The van der Waals surface area contributed by atoms with Crippen LogP contribution in [0.4, 0.5) is 8.78 Å². The Hall–Kier alpha value is -2.35. The lowest BCUT2D eigenvalue weighted by atomic mass is 10.0. The summed E-state index contributed by atoms with van der Waals surface area (Å²) in [7, 11) is 0. The molecule has 1 unspecified atom stereocenters. The number of aliphatic carboxylic acids is 1. The average molecular weight is 340 g/mol. The highest BCUT2D eigenvalue weighted by atomic mass is 32.1. The van der Waals surface area contributed by atoms with E-state index in [2.05, 4.69) is 10.3 Å². The molecule has 0 radical (unpaired) electrons. The van der Waals surface area contributed by atoms with E-state index >= 15 is 0 Å². The van der Waals surface area contributed by atoms with Gasteiger partial charge in [0.15, 0.2) is 0 Å². The number of carbonyl (C=O) groups is 2. The van der Waals surface area contributed by atoms with E-state index in [0.29, 0.717) is 17.4 Å². The summed E-state index contributed by atoms with van der Waals surface area (Å²) < 4.78 is 26.9. The molecule has 1 aromatic heterocycles. The molecule has 2 N–H and O–H groups in total. The summed E-state index contributed by atoms with van der Waals surface area (Å²) in [6.45, 7) is 1.89. The van der Waals surface area contributed by atoms with Gasteiger partial charge >= 0.3 is 5.97 Å².